The zero-order chi connectivity index (χ0) is 90.7. The van der Waals surface area contributed by atoms with Crippen LogP contribution in [0, 0.1) is 17.8 Å². The lowest BCUT2D eigenvalue weighted by Gasteiger charge is -2.29. The first kappa shape index (κ1) is 106. The van der Waals surface area contributed by atoms with Crippen LogP contribution in [0.25, 0.3) is 0 Å². The highest BCUT2D eigenvalue weighted by atomic mass is 16.4. The van der Waals surface area contributed by atoms with Crippen LogP contribution in [0.15, 0.2) is 0 Å². The third-order valence-electron chi connectivity index (χ3n) is 17.2. The molecule has 16 amide bonds. The van der Waals surface area contributed by atoms with Crippen LogP contribution in [0.3, 0.4) is 0 Å². The summed E-state index contributed by atoms with van der Waals surface area (Å²) >= 11 is 0. The summed E-state index contributed by atoms with van der Waals surface area (Å²) in [5, 5.41) is 110. The molecular weight excluding hydrogens is 1570 g/mol. The van der Waals surface area contributed by atoms with Crippen molar-refractivity contribution in [1.29, 1.82) is 0 Å². The van der Waals surface area contributed by atoms with E-state index in [1.807, 2.05) is 10.6 Å². The van der Waals surface area contributed by atoms with Gasteiger partial charge in [-0.25, -0.2) is 4.79 Å². The molecule has 30 N–H and O–H groups in total. The van der Waals surface area contributed by atoms with Crippen molar-refractivity contribution in [3.63, 3.8) is 0 Å². The third kappa shape index (κ3) is 43.2. The average molecular weight is 1690 g/mol. The van der Waals surface area contributed by atoms with Gasteiger partial charge in [0.15, 0.2) is 0 Å². The monoisotopic (exact) mass is 1690 g/mol. The van der Waals surface area contributed by atoms with E-state index in [2.05, 4.69) is 63.8 Å². The molecule has 48 nitrogen and oxygen atoms in total. The van der Waals surface area contributed by atoms with Gasteiger partial charge in [0.25, 0.3) is 0 Å². The van der Waals surface area contributed by atoms with Gasteiger partial charge in [-0.05, 0) is 116 Å². The molecule has 666 valence electrons. The molecule has 118 heavy (non-hydrogen) atoms. The second kappa shape index (κ2) is 54.2. The summed E-state index contributed by atoms with van der Waals surface area (Å²) < 4.78 is 0. The second-order valence-corrected chi connectivity index (χ2v) is 29.2. The number of nitrogens with one attached hydrogen (secondary N) is 14. The van der Waals surface area contributed by atoms with E-state index in [1.165, 1.54) is 20.8 Å². The Labute approximate surface area is 677 Å². The molecule has 48 heteroatoms. The predicted molar refractivity (Wildman–Crippen MR) is 406 cm³/mol. The first-order chi connectivity index (χ1) is 54.8. The van der Waals surface area contributed by atoms with Crippen LogP contribution in [0.4, 0.5) is 0 Å². The maximum atomic E-state index is 14.4. The summed E-state index contributed by atoms with van der Waals surface area (Å²) in [6.07, 6.45) is -12.3. The van der Waals surface area contributed by atoms with E-state index >= 15 is 0 Å². The number of carbonyl (C=O) groups excluding carboxylic acids is 16. The minimum Gasteiger partial charge on any atom is -0.481 e. The van der Waals surface area contributed by atoms with Crippen molar-refractivity contribution in [2.45, 2.75) is 275 Å². The molecule has 0 radical (unpaired) electrons. The number of carboxylic acid groups (broad SMARTS) is 6. The van der Waals surface area contributed by atoms with Crippen LogP contribution in [0.1, 0.15) is 178 Å². The fourth-order valence-electron chi connectivity index (χ4n) is 10.9. The SMILES string of the molecule is CC(C)C[C@H](NC(=O)[C@H](C)NC(=O)[C@H](CO)NC(=O)[C@H](CCCCN)NC(=O)[C@H](CCC(=O)O)NC(=O)[C@H](CC(=O)O)NC(=O)[C@H](CCC(=O)O)NC(=O)[C@H](CC(C)C)NC(=O)[C@H](CCC(N)=O)NC(=O)[C@H](CC(=O)O)NC(=O)[C@@H](NC(=O)[C@H](CCC(=O)O)NC(=O)[C@H](C)NC(=O)[C@H](CCC(N)=O)NC(=O)[C@@H](N)CC(C)C)[C@@H](C)O)C(=O)O. The van der Waals surface area contributed by atoms with Crippen molar-refractivity contribution < 1.29 is 146 Å². The highest BCUT2D eigenvalue weighted by Gasteiger charge is 2.40. The number of primary amides is 2. The van der Waals surface area contributed by atoms with E-state index in [-0.39, 0.29) is 56.9 Å². The molecule has 0 aliphatic carbocycles. The summed E-state index contributed by atoms with van der Waals surface area (Å²) in [6.45, 7) is 12.0. The molecule has 0 saturated heterocycles. The number of aliphatic hydroxyl groups is 2. The number of rotatable bonds is 60. The van der Waals surface area contributed by atoms with Crippen molar-refractivity contribution in [3.8, 4) is 0 Å². The van der Waals surface area contributed by atoms with Gasteiger partial charge in [-0.2, -0.15) is 0 Å². The molecule has 0 aliphatic rings. The fraction of sp³-hybridized carbons (Fsp3) is 0.686. The maximum absolute atomic E-state index is 14.4. The Morgan fingerprint density at radius 3 is 0.890 bits per heavy atom. The lowest BCUT2D eigenvalue weighted by Crippen LogP contribution is -2.62. The lowest BCUT2D eigenvalue weighted by atomic mass is 10.0. The van der Waals surface area contributed by atoms with Crippen molar-refractivity contribution >= 4 is 130 Å². The molecule has 0 rings (SSSR count). The maximum Gasteiger partial charge on any atom is 0.326 e. The summed E-state index contributed by atoms with van der Waals surface area (Å²) in [5.74, 6) is -30.4. The number of unbranched alkanes of at least 4 members (excludes halogenated alkanes) is 1. The van der Waals surface area contributed by atoms with Gasteiger partial charge in [-0.3, -0.25) is 101 Å². The summed E-state index contributed by atoms with van der Waals surface area (Å²) in [7, 11) is 0. The molecule has 0 saturated carbocycles. The zero-order valence-electron chi connectivity index (χ0n) is 67.0. The number of aliphatic carboxylic acids is 6. The summed E-state index contributed by atoms with van der Waals surface area (Å²) in [4.78, 5) is 289. The van der Waals surface area contributed by atoms with Crippen LogP contribution < -0.4 is 97.4 Å². The zero-order valence-corrected chi connectivity index (χ0v) is 67.0. The van der Waals surface area contributed by atoms with Gasteiger partial charge in [-0.1, -0.05) is 41.5 Å². The number of hydrogen-bond acceptors (Lipinski definition) is 26. The van der Waals surface area contributed by atoms with Gasteiger partial charge in [0.1, 0.15) is 84.6 Å². The van der Waals surface area contributed by atoms with Gasteiger partial charge in [-0.15, -0.1) is 0 Å². The van der Waals surface area contributed by atoms with Gasteiger partial charge in [0.05, 0.1) is 31.6 Å². The van der Waals surface area contributed by atoms with E-state index in [1.54, 1.807) is 27.7 Å². The van der Waals surface area contributed by atoms with E-state index < -0.39 is 317 Å². The van der Waals surface area contributed by atoms with Gasteiger partial charge in [0.2, 0.25) is 94.5 Å². The summed E-state index contributed by atoms with van der Waals surface area (Å²) in [5.41, 5.74) is 22.2. The average Bonchev–Trinajstić information content (AvgIpc) is 0.849. The van der Waals surface area contributed by atoms with Crippen LogP contribution in [-0.4, -0.2) is 281 Å². The standard InChI is InChI=1S/C70H116N18O30/c1-30(2)24-36(72)58(105)78-38(13-18-48(73)91)59(106)75-33(7)56(103)77-42(17-22-52(97)98)64(111)88-55(35(9)90)69(116)85-45(28-54(101)102)67(114)80-39(14-19-49(74)92)62(109)83-43(25-31(3)4)65(112)81-41(16-21-51(95)96)63(110)84-44(27-53(99)100)66(113)82-40(15-20-50(93)94)61(108)79-37(12-10-11-23-71)60(107)87-47(29-89)68(115)76-34(8)57(104)86-46(70(117)118)26-32(5)6/h30-47,55,89-90H,10-29,71-72H2,1-9H3,(H2,73,91)(H2,74,92)(H,75,106)(H,76,115)(H,77,103)(H,78,105)(H,79,108)(H,80,114)(H,81,112)(H,82,113)(H,83,109)(H,84,110)(H,85,116)(H,86,104)(H,87,107)(H,88,111)(H,93,94)(H,95,96)(H,97,98)(H,99,100)(H,101,102)(H,117,118)/t33-,34-,35+,36-,37-,38-,39-,40-,41-,42-,43-,44-,45-,46-,47-,55-/m0/s1. The molecule has 0 aromatic heterocycles. The number of carboxylic acids is 6. The normalized spacial score (nSPS) is 15.2. The van der Waals surface area contributed by atoms with Gasteiger partial charge < -0.3 is 138 Å². The molecule has 0 spiro atoms. The van der Waals surface area contributed by atoms with Gasteiger partial charge >= 0.3 is 35.8 Å². The van der Waals surface area contributed by atoms with Crippen LogP contribution in [0.5, 0.6) is 0 Å². The molecule has 0 aromatic carbocycles. The predicted octanol–water partition coefficient (Wildman–Crippen LogP) is -9.06. The van der Waals surface area contributed by atoms with E-state index in [0.717, 1.165) is 13.8 Å². The Balaban J connectivity index is 7.20. The third-order valence-corrected chi connectivity index (χ3v) is 17.2. The quantitative estimate of drug-likeness (QED) is 0.0252. The van der Waals surface area contributed by atoms with Crippen molar-refractivity contribution in [1.82, 2.24) is 74.4 Å². The summed E-state index contributed by atoms with van der Waals surface area (Å²) in [6, 6.07) is -27.2. The molecule has 0 bridgehead atoms. The highest BCUT2D eigenvalue weighted by molar-refractivity contribution is 6.02. The minimum atomic E-state index is -2.29. The van der Waals surface area contributed by atoms with Gasteiger partial charge in [0, 0.05) is 32.1 Å². The van der Waals surface area contributed by atoms with Crippen LogP contribution in [-0.2, 0) is 105 Å². The Morgan fingerprint density at radius 1 is 0.288 bits per heavy atom. The molecule has 16 atom stereocenters. The van der Waals surface area contributed by atoms with Crippen molar-refractivity contribution in [3.05, 3.63) is 0 Å². The number of carbonyl (C=O) groups is 22. The smallest absolute Gasteiger partial charge is 0.326 e. The van der Waals surface area contributed by atoms with Crippen LogP contribution >= 0.6 is 0 Å². The second-order valence-electron chi connectivity index (χ2n) is 29.2. The Hall–Kier alpha value is -11.8. The number of nitrogens with two attached hydrogens (primary N) is 4. The molecule has 0 aliphatic heterocycles. The molecule has 0 heterocycles. The van der Waals surface area contributed by atoms with Crippen molar-refractivity contribution in [2.24, 2.45) is 40.7 Å². The molecular formula is C70H116N18O30. The topological polar surface area (TPSA) is 810 Å². The van der Waals surface area contributed by atoms with Crippen LogP contribution in [0.2, 0.25) is 0 Å². The largest absolute Gasteiger partial charge is 0.481 e. The highest BCUT2D eigenvalue weighted by Crippen LogP contribution is 2.14. The molecule has 0 aromatic rings. The molecule has 0 unspecified atom stereocenters. The fourth-order valence-corrected chi connectivity index (χ4v) is 10.9. The lowest BCUT2D eigenvalue weighted by molar-refractivity contribution is -0.143. The number of hydrogen-bond donors (Lipinski definition) is 26. The number of amides is 16. The van der Waals surface area contributed by atoms with E-state index in [4.69, 9.17) is 22.9 Å². The Kier molecular flexibility index (Phi) is 48.7. The van der Waals surface area contributed by atoms with E-state index in [9.17, 15) is 146 Å². The Bertz CT molecular complexity index is 3540. The Morgan fingerprint density at radius 2 is 0.559 bits per heavy atom. The molecule has 0 fully saturated rings. The first-order valence-corrected chi connectivity index (χ1v) is 37.7. The number of aliphatic hydroxyl groups excluding tert-OH is 2. The van der Waals surface area contributed by atoms with E-state index in [0.29, 0.717) is 0 Å². The first-order valence-electron chi connectivity index (χ1n) is 37.7. The van der Waals surface area contributed by atoms with Crippen molar-refractivity contribution in [2.75, 3.05) is 13.2 Å². The minimum absolute atomic E-state index is 0.0110.